The lowest BCUT2D eigenvalue weighted by Gasteiger charge is -2.02. The number of nitrogens with zero attached hydrogens (tertiary/aromatic N) is 4. The molecular formula is C10H13ClF3N5. The highest BCUT2D eigenvalue weighted by atomic mass is 35.5. The number of hydrogen-bond donors (Lipinski definition) is 1. The normalized spacial score (nSPS) is 11.2. The van der Waals surface area contributed by atoms with Crippen LogP contribution in [-0.2, 0) is 26.8 Å². The van der Waals surface area contributed by atoms with Gasteiger partial charge in [0, 0.05) is 20.3 Å². The van der Waals surface area contributed by atoms with E-state index in [-0.39, 0.29) is 19.0 Å². The third-order valence-electron chi connectivity index (χ3n) is 2.45. The minimum atomic E-state index is -4.41. The predicted molar refractivity (Wildman–Crippen MR) is 66.0 cm³/mol. The molecule has 0 aliphatic carbocycles. The molecule has 2 rings (SSSR count). The molecule has 106 valence electrons. The molecule has 2 heterocycles. The average Bonchev–Trinajstić information content (AvgIpc) is 2.81. The summed E-state index contributed by atoms with van der Waals surface area (Å²) in [4.78, 5) is 0. The Bertz CT molecular complexity index is 546. The lowest BCUT2D eigenvalue weighted by atomic mass is 10.3. The van der Waals surface area contributed by atoms with E-state index in [1.54, 1.807) is 24.1 Å². The summed E-state index contributed by atoms with van der Waals surface area (Å²) in [6.07, 6.45) is -1.08. The van der Waals surface area contributed by atoms with Crippen molar-refractivity contribution >= 4 is 18.1 Å². The second-order valence-corrected chi connectivity index (χ2v) is 3.90. The smallest absolute Gasteiger partial charge is 0.377 e. The Morgan fingerprint density at radius 2 is 2.00 bits per heavy atom. The lowest BCUT2D eigenvalue weighted by molar-refractivity contribution is -0.141. The van der Waals surface area contributed by atoms with Crippen LogP contribution in [0.2, 0.25) is 0 Å². The fourth-order valence-corrected chi connectivity index (χ4v) is 1.52. The van der Waals surface area contributed by atoms with Gasteiger partial charge >= 0.3 is 6.18 Å². The van der Waals surface area contributed by atoms with Crippen molar-refractivity contribution in [1.29, 1.82) is 0 Å². The maximum absolute atomic E-state index is 12.4. The minimum absolute atomic E-state index is 0. The van der Waals surface area contributed by atoms with Crippen LogP contribution in [-0.4, -0.2) is 19.6 Å². The molecule has 1 N–H and O–H groups in total. The van der Waals surface area contributed by atoms with Gasteiger partial charge in [-0.15, -0.1) is 12.4 Å². The molecule has 0 radical (unpaired) electrons. The zero-order valence-electron chi connectivity index (χ0n) is 10.3. The number of aromatic nitrogens is 4. The van der Waals surface area contributed by atoms with Crippen molar-refractivity contribution in [2.45, 2.75) is 12.7 Å². The van der Waals surface area contributed by atoms with Crippen molar-refractivity contribution in [2.24, 2.45) is 14.1 Å². The standard InChI is InChI=1S/C10H12F3N5.ClH/c1-17-6-7(4-15-17)14-5-8-3-9(10(11,12)13)16-18(8)2;/h3-4,6,14H,5H2,1-2H3;1H. The van der Waals surface area contributed by atoms with Gasteiger partial charge in [0.25, 0.3) is 0 Å². The number of halogens is 4. The van der Waals surface area contributed by atoms with Gasteiger partial charge in [0.2, 0.25) is 0 Å². The number of hydrogen-bond acceptors (Lipinski definition) is 3. The molecule has 0 spiro atoms. The second kappa shape index (κ2) is 5.52. The average molecular weight is 296 g/mol. The van der Waals surface area contributed by atoms with Gasteiger partial charge in [0.15, 0.2) is 5.69 Å². The second-order valence-electron chi connectivity index (χ2n) is 3.90. The molecule has 0 unspecified atom stereocenters. The van der Waals surface area contributed by atoms with Gasteiger partial charge in [-0.05, 0) is 6.07 Å². The Hall–Kier alpha value is -1.70. The van der Waals surface area contributed by atoms with Crippen molar-refractivity contribution in [2.75, 3.05) is 5.32 Å². The van der Waals surface area contributed by atoms with Crippen molar-refractivity contribution in [3.05, 3.63) is 29.8 Å². The summed E-state index contributed by atoms with van der Waals surface area (Å²) in [6.45, 7) is 0.255. The van der Waals surface area contributed by atoms with Crippen LogP contribution in [0, 0.1) is 0 Å². The van der Waals surface area contributed by atoms with E-state index < -0.39 is 11.9 Å². The summed E-state index contributed by atoms with van der Waals surface area (Å²) in [5.41, 5.74) is 0.312. The first-order chi connectivity index (χ1) is 8.36. The fraction of sp³-hybridized carbons (Fsp3) is 0.400. The topological polar surface area (TPSA) is 47.7 Å². The number of aryl methyl sites for hydroxylation is 2. The number of rotatable bonds is 3. The maximum Gasteiger partial charge on any atom is 0.435 e. The highest BCUT2D eigenvalue weighted by Crippen LogP contribution is 2.28. The van der Waals surface area contributed by atoms with E-state index in [9.17, 15) is 13.2 Å². The molecule has 0 fully saturated rings. The van der Waals surface area contributed by atoms with Gasteiger partial charge < -0.3 is 5.32 Å². The first kappa shape index (κ1) is 15.4. The van der Waals surface area contributed by atoms with E-state index in [1.165, 1.54) is 11.7 Å². The highest BCUT2D eigenvalue weighted by molar-refractivity contribution is 5.85. The quantitative estimate of drug-likeness (QED) is 0.944. The van der Waals surface area contributed by atoms with E-state index in [1.807, 2.05) is 0 Å². The van der Waals surface area contributed by atoms with Crippen LogP contribution in [0.25, 0.3) is 0 Å². The molecular weight excluding hydrogens is 283 g/mol. The first-order valence-corrected chi connectivity index (χ1v) is 5.19. The van der Waals surface area contributed by atoms with Crippen molar-refractivity contribution < 1.29 is 13.2 Å². The van der Waals surface area contributed by atoms with Gasteiger partial charge in [-0.2, -0.15) is 23.4 Å². The molecule has 19 heavy (non-hydrogen) atoms. The number of nitrogens with one attached hydrogen (secondary N) is 1. The third-order valence-corrected chi connectivity index (χ3v) is 2.45. The van der Waals surface area contributed by atoms with E-state index in [0.29, 0.717) is 5.69 Å². The van der Waals surface area contributed by atoms with E-state index in [2.05, 4.69) is 15.5 Å². The fourth-order valence-electron chi connectivity index (χ4n) is 1.52. The molecule has 0 amide bonds. The Labute approximate surface area is 113 Å². The van der Waals surface area contributed by atoms with Gasteiger partial charge in [-0.25, -0.2) is 0 Å². The Kier molecular flexibility index (Phi) is 4.46. The summed E-state index contributed by atoms with van der Waals surface area (Å²) >= 11 is 0. The lowest BCUT2D eigenvalue weighted by Crippen LogP contribution is -2.07. The van der Waals surface area contributed by atoms with Crippen LogP contribution < -0.4 is 5.32 Å². The first-order valence-electron chi connectivity index (χ1n) is 5.19. The zero-order valence-corrected chi connectivity index (χ0v) is 11.1. The van der Waals surface area contributed by atoms with Crippen LogP contribution in [0.4, 0.5) is 18.9 Å². The summed E-state index contributed by atoms with van der Waals surface area (Å²) < 4.78 is 40.1. The van der Waals surface area contributed by atoms with E-state index >= 15 is 0 Å². The molecule has 0 atom stereocenters. The van der Waals surface area contributed by atoms with Crippen LogP contribution in [0.5, 0.6) is 0 Å². The van der Waals surface area contributed by atoms with E-state index in [0.717, 1.165) is 11.8 Å². The Morgan fingerprint density at radius 1 is 1.32 bits per heavy atom. The molecule has 2 aromatic heterocycles. The molecule has 0 aromatic carbocycles. The van der Waals surface area contributed by atoms with Gasteiger partial charge in [0.1, 0.15) is 0 Å². The summed E-state index contributed by atoms with van der Waals surface area (Å²) in [6, 6.07) is 1.03. The van der Waals surface area contributed by atoms with Crippen molar-refractivity contribution in [3.8, 4) is 0 Å². The molecule has 0 bridgehead atoms. The van der Waals surface area contributed by atoms with Gasteiger partial charge in [-0.1, -0.05) is 0 Å². The summed E-state index contributed by atoms with van der Waals surface area (Å²) in [7, 11) is 3.24. The van der Waals surface area contributed by atoms with Gasteiger partial charge in [-0.3, -0.25) is 9.36 Å². The molecule has 0 saturated heterocycles. The van der Waals surface area contributed by atoms with Crippen LogP contribution in [0.1, 0.15) is 11.4 Å². The van der Waals surface area contributed by atoms with Crippen molar-refractivity contribution in [1.82, 2.24) is 19.6 Å². The Balaban J connectivity index is 0.00000180. The SMILES string of the molecule is Cl.Cn1cc(NCc2cc(C(F)(F)F)nn2C)cn1. The molecule has 0 aliphatic rings. The zero-order chi connectivity index (χ0) is 13.3. The molecule has 0 aliphatic heterocycles. The summed E-state index contributed by atoms with van der Waals surface area (Å²) in [5.74, 6) is 0. The van der Waals surface area contributed by atoms with Crippen LogP contribution >= 0.6 is 12.4 Å². The predicted octanol–water partition coefficient (Wildman–Crippen LogP) is 2.21. The molecule has 9 heteroatoms. The summed E-state index contributed by atoms with van der Waals surface area (Å²) in [5, 5.41) is 10.4. The van der Waals surface area contributed by atoms with Crippen molar-refractivity contribution in [3.63, 3.8) is 0 Å². The molecule has 0 saturated carbocycles. The van der Waals surface area contributed by atoms with E-state index in [4.69, 9.17) is 0 Å². The highest BCUT2D eigenvalue weighted by Gasteiger charge is 2.34. The largest absolute Gasteiger partial charge is 0.435 e. The number of alkyl halides is 3. The molecule has 2 aromatic rings. The minimum Gasteiger partial charge on any atom is -0.377 e. The van der Waals surface area contributed by atoms with Gasteiger partial charge in [0.05, 0.1) is 24.1 Å². The van der Waals surface area contributed by atoms with Crippen LogP contribution in [0.15, 0.2) is 18.5 Å². The molecule has 5 nitrogen and oxygen atoms in total. The maximum atomic E-state index is 12.4. The van der Waals surface area contributed by atoms with Crippen LogP contribution in [0.3, 0.4) is 0 Å². The Morgan fingerprint density at radius 3 is 2.47 bits per heavy atom. The monoisotopic (exact) mass is 295 g/mol. The number of anilines is 1. The third kappa shape index (κ3) is 3.63.